The normalized spacial score (nSPS) is 10.5. The van der Waals surface area contributed by atoms with Crippen molar-refractivity contribution >= 4 is 23.3 Å². The Bertz CT molecular complexity index is 754. The molecule has 0 atom stereocenters. The Labute approximate surface area is 161 Å². The first kappa shape index (κ1) is 20.5. The summed E-state index contributed by atoms with van der Waals surface area (Å²) in [6, 6.07) is 14.8. The van der Waals surface area contributed by atoms with E-state index in [1.807, 2.05) is 36.4 Å². The molecule has 2 aromatic rings. The highest BCUT2D eigenvalue weighted by Gasteiger charge is 2.14. The van der Waals surface area contributed by atoms with Crippen molar-refractivity contribution in [1.82, 2.24) is 0 Å². The molecule has 0 aliphatic rings. The predicted octanol–water partition coefficient (Wildman–Crippen LogP) is 4.82. The Morgan fingerprint density at radius 3 is 2.41 bits per heavy atom. The number of amides is 1. The SMILES string of the molecule is CCCCNc1ccccc1C(=O)OCC(=O)Nc1ccc(C(C)C)cc1. The number of hydrogen-bond acceptors (Lipinski definition) is 4. The summed E-state index contributed by atoms with van der Waals surface area (Å²) >= 11 is 0. The van der Waals surface area contributed by atoms with Crippen LogP contribution in [0.3, 0.4) is 0 Å². The Morgan fingerprint density at radius 2 is 1.74 bits per heavy atom. The Kier molecular flexibility index (Phi) is 7.86. The number of unbranched alkanes of at least 4 members (excludes halogenated alkanes) is 1. The quantitative estimate of drug-likeness (QED) is 0.492. The van der Waals surface area contributed by atoms with Crippen LogP contribution in [0.4, 0.5) is 11.4 Å². The fourth-order valence-electron chi connectivity index (χ4n) is 2.57. The van der Waals surface area contributed by atoms with Gasteiger partial charge >= 0.3 is 5.97 Å². The summed E-state index contributed by atoms with van der Waals surface area (Å²) in [5.74, 6) is -0.446. The minimum absolute atomic E-state index is 0.325. The number of carbonyl (C=O) groups excluding carboxylic acids is 2. The smallest absolute Gasteiger partial charge is 0.340 e. The molecular formula is C22H28N2O3. The van der Waals surface area contributed by atoms with Gasteiger partial charge in [0.15, 0.2) is 6.61 Å². The summed E-state index contributed by atoms with van der Waals surface area (Å²) in [5.41, 5.74) is 3.04. The lowest BCUT2D eigenvalue weighted by Crippen LogP contribution is -2.21. The molecule has 0 spiro atoms. The predicted molar refractivity (Wildman–Crippen MR) is 109 cm³/mol. The number of anilines is 2. The van der Waals surface area contributed by atoms with Crippen LogP contribution < -0.4 is 10.6 Å². The molecule has 27 heavy (non-hydrogen) atoms. The number of rotatable bonds is 9. The first-order chi connectivity index (χ1) is 13.0. The summed E-state index contributed by atoms with van der Waals surface area (Å²) in [5, 5.41) is 5.98. The third kappa shape index (κ3) is 6.44. The van der Waals surface area contributed by atoms with Gasteiger partial charge in [0.05, 0.1) is 5.56 Å². The Balaban J connectivity index is 1.88. The largest absolute Gasteiger partial charge is 0.452 e. The van der Waals surface area contributed by atoms with Crippen molar-refractivity contribution in [2.24, 2.45) is 0 Å². The molecule has 5 nitrogen and oxygen atoms in total. The number of esters is 1. The highest BCUT2D eigenvalue weighted by molar-refractivity contribution is 5.98. The van der Waals surface area contributed by atoms with Crippen molar-refractivity contribution in [2.75, 3.05) is 23.8 Å². The van der Waals surface area contributed by atoms with Crippen LogP contribution in [0.25, 0.3) is 0 Å². The van der Waals surface area contributed by atoms with Crippen molar-refractivity contribution in [3.8, 4) is 0 Å². The van der Waals surface area contributed by atoms with Gasteiger partial charge in [-0.15, -0.1) is 0 Å². The van der Waals surface area contributed by atoms with Gasteiger partial charge in [-0.2, -0.15) is 0 Å². The second kappa shape index (κ2) is 10.4. The summed E-state index contributed by atoms with van der Waals surface area (Å²) in [4.78, 5) is 24.4. The van der Waals surface area contributed by atoms with Crippen molar-refractivity contribution in [1.29, 1.82) is 0 Å². The van der Waals surface area contributed by atoms with Crippen LogP contribution in [-0.4, -0.2) is 25.0 Å². The molecule has 0 aliphatic heterocycles. The van der Waals surface area contributed by atoms with E-state index in [-0.39, 0.29) is 12.5 Å². The zero-order chi connectivity index (χ0) is 19.6. The molecule has 2 aromatic carbocycles. The number of benzene rings is 2. The lowest BCUT2D eigenvalue weighted by Gasteiger charge is -2.12. The molecule has 0 fully saturated rings. The third-order valence-corrected chi connectivity index (χ3v) is 4.19. The molecule has 0 saturated carbocycles. The van der Waals surface area contributed by atoms with Gasteiger partial charge in [0.1, 0.15) is 0 Å². The third-order valence-electron chi connectivity index (χ3n) is 4.19. The lowest BCUT2D eigenvalue weighted by molar-refractivity contribution is -0.119. The molecule has 0 saturated heterocycles. The molecule has 2 N–H and O–H groups in total. The summed E-state index contributed by atoms with van der Waals surface area (Å²) in [6.45, 7) is 6.79. The van der Waals surface area contributed by atoms with Gasteiger partial charge in [0.25, 0.3) is 5.91 Å². The van der Waals surface area contributed by atoms with Crippen LogP contribution in [0.15, 0.2) is 48.5 Å². The van der Waals surface area contributed by atoms with Gasteiger partial charge in [0.2, 0.25) is 0 Å². The number of para-hydroxylation sites is 1. The standard InChI is InChI=1S/C22H28N2O3/c1-4-5-14-23-20-9-7-6-8-19(20)22(26)27-15-21(25)24-18-12-10-17(11-13-18)16(2)3/h6-13,16,23H,4-5,14-15H2,1-3H3,(H,24,25). The van der Waals surface area contributed by atoms with Crippen molar-refractivity contribution in [2.45, 2.75) is 39.5 Å². The van der Waals surface area contributed by atoms with E-state index in [1.54, 1.807) is 12.1 Å². The highest BCUT2D eigenvalue weighted by atomic mass is 16.5. The molecule has 144 valence electrons. The van der Waals surface area contributed by atoms with Crippen LogP contribution in [0.5, 0.6) is 0 Å². The molecular weight excluding hydrogens is 340 g/mol. The van der Waals surface area contributed by atoms with Crippen molar-refractivity contribution in [3.63, 3.8) is 0 Å². The molecule has 0 bridgehead atoms. The molecule has 1 amide bonds. The Morgan fingerprint density at radius 1 is 1.04 bits per heavy atom. The van der Waals surface area contributed by atoms with Crippen LogP contribution >= 0.6 is 0 Å². The van der Waals surface area contributed by atoms with E-state index in [9.17, 15) is 9.59 Å². The molecule has 0 radical (unpaired) electrons. The van der Waals surface area contributed by atoms with E-state index in [1.165, 1.54) is 5.56 Å². The average Bonchev–Trinajstić information content (AvgIpc) is 2.67. The zero-order valence-electron chi connectivity index (χ0n) is 16.2. The average molecular weight is 368 g/mol. The van der Waals surface area contributed by atoms with E-state index in [0.29, 0.717) is 17.2 Å². The van der Waals surface area contributed by atoms with Gasteiger partial charge in [-0.05, 0) is 42.2 Å². The summed E-state index contributed by atoms with van der Waals surface area (Å²) in [6.07, 6.45) is 2.08. The topological polar surface area (TPSA) is 67.4 Å². The second-order valence-electron chi connectivity index (χ2n) is 6.73. The molecule has 5 heteroatoms. The van der Waals surface area contributed by atoms with Gasteiger partial charge < -0.3 is 15.4 Å². The van der Waals surface area contributed by atoms with E-state index in [2.05, 4.69) is 31.4 Å². The van der Waals surface area contributed by atoms with E-state index < -0.39 is 5.97 Å². The fourth-order valence-corrected chi connectivity index (χ4v) is 2.57. The van der Waals surface area contributed by atoms with Crippen LogP contribution in [0, 0.1) is 0 Å². The molecule has 0 heterocycles. The highest BCUT2D eigenvalue weighted by Crippen LogP contribution is 2.18. The van der Waals surface area contributed by atoms with Crippen LogP contribution in [-0.2, 0) is 9.53 Å². The first-order valence-corrected chi connectivity index (χ1v) is 9.41. The first-order valence-electron chi connectivity index (χ1n) is 9.41. The van der Waals surface area contributed by atoms with Crippen molar-refractivity contribution < 1.29 is 14.3 Å². The molecule has 2 rings (SSSR count). The molecule has 0 aliphatic carbocycles. The minimum atomic E-state index is -0.514. The Hall–Kier alpha value is -2.82. The molecule has 0 aromatic heterocycles. The second-order valence-corrected chi connectivity index (χ2v) is 6.73. The molecule has 0 unspecified atom stereocenters. The van der Waals surface area contributed by atoms with Gasteiger partial charge in [-0.1, -0.05) is 51.5 Å². The maximum Gasteiger partial charge on any atom is 0.340 e. The minimum Gasteiger partial charge on any atom is -0.452 e. The van der Waals surface area contributed by atoms with E-state index in [0.717, 1.165) is 25.1 Å². The number of nitrogens with one attached hydrogen (secondary N) is 2. The monoisotopic (exact) mass is 368 g/mol. The summed E-state index contributed by atoms with van der Waals surface area (Å²) < 4.78 is 5.18. The maximum atomic E-state index is 12.3. The fraction of sp³-hybridized carbons (Fsp3) is 0.364. The van der Waals surface area contributed by atoms with Gasteiger partial charge in [-0.3, -0.25) is 4.79 Å². The number of carbonyl (C=O) groups is 2. The van der Waals surface area contributed by atoms with Gasteiger partial charge in [-0.25, -0.2) is 4.79 Å². The zero-order valence-corrected chi connectivity index (χ0v) is 16.2. The van der Waals surface area contributed by atoms with E-state index >= 15 is 0 Å². The van der Waals surface area contributed by atoms with Crippen LogP contribution in [0.2, 0.25) is 0 Å². The lowest BCUT2D eigenvalue weighted by atomic mass is 10.0. The van der Waals surface area contributed by atoms with Crippen LogP contribution in [0.1, 0.15) is 55.5 Å². The van der Waals surface area contributed by atoms with E-state index in [4.69, 9.17) is 4.74 Å². The number of hydrogen-bond donors (Lipinski definition) is 2. The number of ether oxygens (including phenoxy) is 1. The van der Waals surface area contributed by atoms with Crippen molar-refractivity contribution in [3.05, 3.63) is 59.7 Å². The van der Waals surface area contributed by atoms with Gasteiger partial charge in [0, 0.05) is 17.9 Å². The maximum absolute atomic E-state index is 12.3. The summed E-state index contributed by atoms with van der Waals surface area (Å²) in [7, 11) is 0.